The first-order valence-corrected chi connectivity index (χ1v) is 6.73. The Hall–Kier alpha value is -1.53. The Bertz CT molecular complexity index is 489. The Kier molecular flexibility index (Phi) is 5.85. The van der Waals surface area contributed by atoms with Gasteiger partial charge in [-0.2, -0.15) is 5.26 Å². The molecule has 3 nitrogen and oxygen atoms in total. The van der Waals surface area contributed by atoms with E-state index in [0.29, 0.717) is 16.3 Å². The number of benzene rings is 1. The fraction of sp³-hybridized carbons (Fsp3) is 0.467. The molecule has 1 unspecified atom stereocenters. The van der Waals surface area contributed by atoms with Gasteiger partial charge in [-0.1, -0.05) is 25.4 Å². The molecule has 0 bridgehead atoms. The number of carbonyl (C=O) groups is 1. The summed E-state index contributed by atoms with van der Waals surface area (Å²) in [6.07, 6.45) is 1.47. The van der Waals surface area contributed by atoms with Gasteiger partial charge in [-0.15, -0.1) is 0 Å². The molecule has 0 N–H and O–H groups in total. The molecule has 4 heteroatoms. The first-order valence-electron chi connectivity index (χ1n) is 6.35. The normalized spacial score (nSPS) is 12.0. The van der Waals surface area contributed by atoms with E-state index in [4.69, 9.17) is 16.3 Å². The molecule has 0 saturated carbocycles. The van der Waals surface area contributed by atoms with Crippen LogP contribution in [0.5, 0.6) is 5.75 Å². The quantitative estimate of drug-likeness (QED) is 0.792. The molecular formula is C15H18ClNO2. The summed E-state index contributed by atoms with van der Waals surface area (Å²) in [5, 5.41) is 9.83. The molecule has 1 aromatic carbocycles. The smallest absolute Gasteiger partial charge is 0.157 e. The van der Waals surface area contributed by atoms with Crippen LogP contribution in [-0.4, -0.2) is 12.9 Å². The number of ketones is 1. The lowest BCUT2D eigenvalue weighted by Crippen LogP contribution is -2.21. The van der Waals surface area contributed by atoms with E-state index < -0.39 is 5.92 Å². The molecule has 0 aliphatic carbocycles. The van der Waals surface area contributed by atoms with Crippen molar-refractivity contribution in [2.24, 2.45) is 5.92 Å². The van der Waals surface area contributed by atoms with Crippen molar-refractivity contribution < 1.29 is 9.53 Å². The molecule has 0 aromatic heterocycles. The third-order valence-electron chi connectivity index (χ3n) is 3.30. The second-order valence-corrected chi connectivity index (χ2v) is 4.80. The number of nitrogens with zero attached hydrogens (tertiary/aromatic N) is 1. The molecule has 19 heavy (non-hydrogen) atoms. The molecule has 1 rings (SSSR count). The van der Waals surface area contributed by atoms with E-state index >= 15 is 0 Å². The average molecular weight is 280 g/mol. The summed E-state index contributed by atoms with van der Waals surface area (Å²) in [5.74, 6) is -0.463. The van der Waals surface area contributed by atoms with Gasteiger partial charge in [-0.05, 0) is 31.0 Å². The van der Waals surface area contributed by atoms with Gasteiger partial charge in [0.15, 0.2) is 5.78 Å². The van der Waals surface area contributed by atoms with Crippen LogP contribution in [0.15, 0.2) is 18.2 Å². The van der Waals surface area contributed by atoms with Crippen molar-refractivity contribution in [3.8, 4) is 11.8 Å². The summed E-state index contributed by atoms with van der Waals surface area (Å²) in [6.45, 7) is 3.91. The lowest BCUT2D eigenvalue weighted by Gasteiger charge is -2.17. The number of hydrogen-bond acceptors (Lipinski definition) is 3. The van der Waals surface area contributed by atoms with Gasteiger partial charge in [0.2, 0.25) is 0 Å². The van der Waals surface area contributed by atoms with E-state index in [2.05, 4.69) is 6.07 Å². The van der Waals surface area contributed by atoms with E-state index in [1.807, 2.05) is 13.8 Å². The minimum atomic E-state index is -0.821. The Morgan fingerprint density at radius 2 is 2.05 bits per heavy atom. The molecule has 0 aliphatic rings. The van der Waals surface area contributed by atoms with E-state index in [1.54, 1.807) is 18.2 Å². The van der Waals surface area contributed by atoms with Crippen molar-refractivity contribution >= 4 is 17.4 Å². The largest absolute Gasteiger partial charge is 0.496 e. The predicted octanol–water partition coefficient (Wildman–Crippen LogP) is 3.96. The zero-order chi connectivity index (χ0) is 14.4. The summed E-state index contributed by atoms with van der Waals surface area (Å²) in [4.78, 5) is 12.4. The molecule has 0 saturated heterocycles. The van der Waals surface area contributed by atoms with Crippen LogP contribution >= 0.6 is 11.6 Å². The van der Waals surface area contributed by atoms with Crippen LogP contribution in [0.2, 0.25) is 5.02 Å². The maximum absolute atomic E-state index is 12.4. The van der Waals surface area contributed by atoms with Crippen LogP contribution in [-0.2, 0) is 4.79 Å². The van der Waals surface area contributed by atoms with Crippen molar-refractivity contribution in [2.45, 2.75) is 32.6 Å². The second-order valence-electron chi connectivity index (χ2n) is 4.36. The Balaban J connectivity index is 3.20. The molecule has 0 aliphatic heterocycles. The van der Waals surface area contributed by atoms with Crippen molar-refractivity contribution in [1.29, 1.82) is 5.26 Å². The molecule has 102 valence electrons. The minimum absolute atomic E-state index is 0.0620. The van der Waals surface area contributed by atoms with Crippen LogP contribution in [0.25, 0.3) is 0 Å². The maximum atomic E-state index is 12.4. The van der Waals surface area contributed by atoms with Gasteiger partial charge in [0, 0.05) is 16.5 Å². The van der Waals surface area contributed by atoms with Crippen molar-refractivity contribution in [3.05, 3.63) is 28.8 Å². The Morgan fingerprint density at radius 1 is 1.42 bits per heavy atom. The first kappa shape index (κ1) is 15.5. The first-order chi connectivity index (χ1) is 9.08. The summed E-state index contributed by atoms with van der Waals surface area (Å²) in [5.41, 5.74) is 0.550. The maximum Gasteiger partial charge on any atom is 0.157 e. The minimum Gasteiger partial charge on any atom is -0.496 e. The van der Waals surface area contributed by atoms with Gasteiger partial charge in [0.25, 0.3) is 0 Å². The highest BCUT2D eigenvalue weighted by Crippen LogP contribution is 2.32. The van der Waals surface area contributed by atoms with Gasteiger partial charge in [0.05, 0.1) is 13.2 Å². The third-order valence-corrected chi connectivity index (χ3v) is 3.54. The fourth-order valence-electron chi connectivity index (χ4n) is 2.14. The highest BCUT2D eigenvalue weighted by Gasteiger charge is 2.28. The average Bonchev–Trinajstić information content (AvgIpc) is 2.41. The lowest BCUT2D eigenvalue weighted by atomic mass is 9.85. The summed E-state index contributed by atoms with van der Waals surface area (Å²) >= 11 is 5.95. The molecule has 0 heterocycles. The van der Waals surface area contributed by atoms with Crippen LogP contribution in [0.4, 0.5) is 0 Å². The zero-order valence-electron chi connectivity index (χ0n) is 11.4. The third kappa shape index (κ3) is 3.48. The molecule has 0 radical (unpaired) electrons. The molecule has 0 amide bonds. The van der Waals surface area contributed by atoms with E-state index in [9.17, 15) is 10.1 Å². The van der Waals surface area contributed by atoms with Crippen LogP contribution in [0.1, 0.15) is 38.2 Å². The van der Waals surface area contributed by atoms with Crippen LogP contribution < -0.4 is 4.74 Å². The number of methoxy groups -OCH3 is 1. The van der Waals surface area contributed by atoms with Crippen LogP contribution in [0, 0.1) is 17.2 Å². The number of carbonyl (C=O) groups excluding carboxylic acids is 1. The highest BCUT2D eigenvalue weighted by atomic mass is 35.5. The number of Topliss-reactive ketones (excluding diaryl/α,β-unsaturated/α-hetero) is 1. The number of halogens is 1. The second kappa shape index (κ2) is 7.16. The number of ether oxygens (including phenoxy) is 1. The topological polar surface area (TPSA) is 50.1 Å². The van der Waals surface area contributed by atoms with Crippen molar-refractivity contribution in [1.82, 2.24) is 0 Å². The van der Waals surface area contributed by atoms with Crippen molar-refractivity contribution in [3.63, 3.8) is 0 Å². The van der Waals surface area contributed by atoms with Gasteiger partial charge >= 0.3 is 0 Å². The predicted molar refractivity (Wildman–Crippen MR) is 75.4 cm³/mol. The van der Waals surface area contributed by atoms with Gasteiger partial charge in [0.1, 0.15) is 11.7 Å². The standard InChI is InChI=1S/C15H18ClNO2/c1-4-10(5-2)15(18)13(9-17)12-8-11(16)6-7-14(12)19-3/h6-8,10,13H,4-5H2,1-3H3. The summed E-state index contributed by atoms with van der Waals surface area (Å²) in [6, 6.07) is 7.08. The molecule has 1 atom stereocenters. The Morgan fingerprint density at radius 3 is 2.53 bits per heavy atom. The van der Waals surface area contributed by atoms with E-state index in [1.165, 1.54) is 7.11 Å². The molecule has 0 fully saturated rings. The van der Waals surface area contributed by atoms with Gasteiger partial charge in [-0.3, -0.25) is 4.79 Å². The fourth-order valence-corrected chi connectivity index (χ4v) is 2.32. The highest BCUT2D eigenvalue weighted by molar-refractivity contribution is 6.30. The SMILES string of the molecule is CCC(CC)C(=O)C(C#N)c1cc(Cl)ccc1OC. The summed E-state index contributed by atoms with van der Waals surface area (Å²) < 4.78 is 5.22. The monoisotopic (exact) mass is 279 g/mol. The number of hydrogen-bond donors (Lipinski definition) is 0. The lowest BCUT2D eigenvalue weighted by molar-refractivity contribution is -0.123. The number of rotatable bonds is 6. The Labute approximate surface area is 119 Å². The van der Waals surface area contributed by atoms with Gasteiger partial charge < -0.3 is 4.74 Å². The summed E-state index contributed by atoms with van der Waals surface area (Å²) in [7, 11) is 1.52. The molecular weight excluding hydrogens is 262 g/mol. The van der Waals surface area contributed by atoms with Crippen LogP contribution in [0.3, 0.4) is 0 Å². The van der Waals surface area contributed by atoms with E-state index in [0.717, 1.165) is 12.8 Å². The van der Waals surface area contributed by atoms with Crippen molar-refractivity contribution in [2.75, 3.05) is 7.11 Å². The van der Waals surface area contributed by atoms with E-state index in [-0.39, 0.29) is 11.7 Å². The number of nitriles is 1. The zero-order valence-corrected chi connectivity index (χ0v) is 12.2. The molecule has 1 aromatic rings. The molecule has 0 spiro atoms. The van der Waals surface area contributed by atoms with Gasteiger partial charge in [-0.25, -0.2) is 0 Å².